The summed E-state index contributed by atoms with van der Waals surface area (Å²) in [5.41, 5.74) is 12.4. The summed E-state index contributed by atoms with van der Waals surface area (Å²) in [5.74, 6) is 0. The molecule has 8 rings (SSSR count). The van der Waals surface area contributed by atoms with E-state index < -0.39 is 5.41 Å². The second kappa shape index (κ2) is 8.31. The number of benzene rings is 6. The molecule has 0 fully saturated rings. The van der Waals surface area contributed by atoms with Gasteiger partial charge >= 0.3 is 0 Å². The molecular formula is C38H27N. The Morgan fingerprint density at radius 3 is 1.74 bits per heavy atom. The van der Waals surface area contributed by atoms with Crippen LogP contribution in [0.4, 0.5) is 0 Å². The largest absolute Gasteiger partial charge is 0.309 e. The van der Waals surface area contributed by atoms with E-state index in [1.54, 1.807) is 0 Å². The predicted octanol–water partition coefficient (Wildman–Crippen LogP) is 9.46. The van der Waals surface area contributed by atoms with Crippen LogP contribution in [0.5, 0.6) is 0 Å². The highest BCUT2D eigenvalue weighted by Crippen LogP contribution is 2.56. The van der Waals surface area contributed by atoms with Crippen molar-refractivity contribution in [2.24, 2.45) is 0 Å². The molecule has 0 amide bonds. The summed E-state index contributed by atoms with van der Waals surface area (Å²) in [5, 5.41) is 2.55. The van der Waals surface area contributed by atoms with Crippen molar-refractivity contribution in [2.45, 2.75) is 12.3 Å². The van der Waals surface area contributed by atoms with Crippen LogP contribution in [0.2, 0.25) is 0 Å². The van der Waals surface area contributed by atoms with Gasteiger partial charge in [-0.25, -0.2) is 0 Å². The van der Waals surface area contributed by atoms with Crippen molar-refractivity contribution in [1.82, 2.24) is 4.57 Å². The molecule has 0 spiro atoms. The van der Waals surface area contributed by atoms with Gasteiger partial charge in [-0.3, -0.25) is 0 Å². The average molecular weight is 498 g/mol. The zero-order chi connectivity index (χ0) is 26.0. The first-order valence-electron chi connectivity index (χ1n) is 13.6. The highest BCUT2D eigenvalue weighted by molar-refractivity contribution is 6.09. The molecule has 1 aliphatic carbocycles. The van der Waals surface area contributed by atoms with Crippen LogP contribution in [0.25, 0.3) is 38.6 Å². The standard InChI is InChI=1S/C38H27N/c1-26-19-21-27(22-20-26)38(34-16-8-5-13-30(34)31-14-6-9-17-35(31)38)28-23-24-37-33(25-28)32-15-7-10-18-36(32)39(37)29-11-3-2-4-12-29/h2-25H,1H3. The van der Waals surface area contributed by atoms with E-state index in [1.807, 2.05) is 0 Å². The van der Waals surface area contributed by atoms with Crippen molar-refractivity contribution < 1.29 is 0 Å². The second-order valence-corrected chi connectivity index (χ2v) is 10.6. The first-order chi connectivity index (χ1) is 19.3. The third kappa shape index (κ3) is 3.02. The van der Waals surface area contributed by atoms with Crippen LogP contribution in [0.3, 0.4) is 0 Å². The fourth-order valence-corrected chi connectivity index (χ4v) is 6.89. The smallest absolute Gasteiger partial charge is 0.0713 e. The maximum Gasteiger partial charge on any atom is 0.0713 e. The normalized spacial score (nSPS) is 13.5. The minimum absolute atomic E-state index is 0.398. The van der Waals surface area contributed by atoms with Crippen molar-refractivity contribution in [1.29, 1.82) is 0 Å². The number of hydrogen-bond acceptors (Lipinski definition) is 0. The fourth-order valence-electron chi connectivity index (χ4n) is 6.89. The quantitative estimate of drug-likeness (QED) is 0.229. The van der Waals surface area contributed by atoms with E-state index in [0.717, 1.165) is 0 Å². The monoisotopic (exact) mass is 497 g/mol. The second-order valence-electron chi connectivity index (χ2n) is 10.6. The van der Waals surface area contributed by atoms with E-state index in [4.69, 9.17) is 0 Å². The molecule has 0 bridgehead atoms. The Balaban J connectivity index is 1.51. The van der Waals surface area contributed by atoms with Gasteiger partial charge in [0.25, 0.3) is 0 Å². The van der Waals surface area contributed by atoms with Gasteiger partial charge in [-0.2, -0.15) is 0 Å². The van der Waals surface area contributed by atoms with Crippen LogP contribution < -0.4 is 0 Å². The number of aromatic nitrogens is 1. The highest BCUT2D eigenvalue weighted by atomic mass is 15.0. The van der Waals surface area contributed by atoms with Gasteiger partial charge in [0.05, 0.1) is 16.4 Å². The molecule has 0 radical (unpaired) electrons. The van der Waals surface area contributed by atoms with Gasteiger partial charge in [0.1, 0.15) is 0 Å². The van der Waals surface area contributed by atoms with Gasteiger partial charge in [-0.05, 0) is 70.6 Å². The Labute approximate surface area is 228 Å². The molecule has 7 aromatic rings. The third-order valence-corrected chi connectivity index (χ3v) is 8.56. The number of hydrogen-bond donors (Lipinski definition) is 0. The summed E-state index contributed by atoms with van der Waals surface area (Å²) in [7, 11) is 0. The summed E-state index contributed by atoms with van der Waals surface area (Å²) in [6.45, 7) is 2.16. The molecular weight excluding hydrogens is 470 g/mol. The zero-order valence-electron chi connectivity index (χ0n) is 21.8. The van der Waals surface area contributed by atoms with E-state index in [0.29, 0.717) is 0 Å². The Kier molecular flexibility index (Phi) is 4.72. The molecule has 1 nitrogen and oxygen atoms in total. The summed E-state index contributed by atoms with van der Waals surface area (Å²) < 4.78 is 2.39. The summed E-state index contributed by atoms with van der Waals surface area (Å²) in [6, 6.07) is 53.7. The number of nitrogens with zero attached hydrogens (tertiary/aromatic N) is 1. The maximum absolute atomic E-state index is 2.45. The predicted molar refractivity (Wildman–Crippen MR) is 163 cm³/mol. The number of para-hydroxylation sites is 2. The van der Waals surface area contributed by atoms with E-state index in [9.17, 15) is 0 Å². The molecule has 1 heteroatoms. The van der Waals surface area contributed by atoms with Gasteiger partial charge in [0.2, 0.25) is 0 Å². The summed E-state index contributed by atoms with van der Waals surface area (Å²) in [4.78, 5) is 0. The lowest BCUT2D eigenvalue weighted by Crippen LogP contribution is -2.28. The number of rotatable bonds is 3. The first kappa shape index (κ1) is 22.1. The zero-order valence-corrected chi connectivity index (χ0v) is 21.8. The number of aryl methyl sites for hydroxylation is 1. The molecule has 1 aliphatic rings. The van der Waals surface area contributed by atoms with Crippen molar-refractivity contribution >= 4 is 21.8 Å². The topological polar surface area (TPSA) is 4.93 Å². The van der Waals surface area contributed by atoms with Crippen molar-refractivity contribution in [3.63, 3.8) is 0 Å². The lowest BCUT2D eigenvalue weighted by atomic mass is 9.67. The van der Waals surface area contributed by atoms with Crippen molar-refractivity contribution in [3.05, 3.63) is 173 Å². The maximum atomic E-state index is 2.45. The Hall–Kier alpha value is -4.88. The van der Waals surface area contributed by atoms with Crippen molar-refractivity contribution in [3.8, 4) is 16.8 Å². The molecule has 0 saturated heterocycles. The van der Waals surface area contributed by atoms with Gasteiger partial charge in [0, 0.05) is 16.5 Å². The van der Waals surface area contributed by atoms with Gasteiger partial charge in [-0.15, -0.1) is 0 Å². The molecule has 0 atom stereocenters. The average Bonchev–Trinajstić information content (AvgIpc) is 3.49. The van der Waals surface area contributed by atoms with Crippen molar-refractivity contribution in [2.75, 3.05) is 0 Å². The van der Waals surface area contributed by atoms with Gasteiger partial charge < -0.3 is 4.57 Å². The highest BCUT2D eigenvalue weighted by Gasteiger charge is 2.46. The molecule has 0 aliphatic heterocycles. The Morgan fingerprint density at radius 1 is 0.462 bits per heavy atom. The van der Waals surface area contributed by atoms with Crippen LogP contribution in [0, 0.1) is 6.92 Å². The van der Waals surface area contributed by atoms with Crippen LogP contribution in [-0.4, -0.2) is 4.57 Å². The lowest BCUT2D eigenvalue weighted by Gasteiger charge is -2.34. The molecule has 39 heavy (non-hydrogen) atoms. The van der Waals surface area contributed by atoms with Crippen LogP contribution in [0.15, 0.2) is 146 Å². The SMILES string of the molecule is Cc1ccc(C2(c3ccc4c(c3)c3ccccc3n4-c3ccccc3)c3ccccc3-c3ccccc32)cc1. The van der Waals surface area contributed by atoms with Crippen LogP contribution in [0.1, 0.15) is 27.8 Å². The van der Waals surface area contributed by atoms with E-state index in [1.165, 1.54) is 66.4 Å². The Morgan fingerprint density at radius 2 is 1.03 bits per heavy atom. The van der Waals surface area contributed by atoms with Gasteiger partial charge in [0.15, 0.2) is 0 Å². The van der Waals surface area contributed by atoms with Gasteiger partial charge in [-0.1, -0.05) is 121 Å². The summed E-state index contributed by atoms with van der Waals surface area (Å²) in [6.07, 6.45) is 0. The molecule has 1 aromatic heterocycles. The minimum Gasteiger partial charge on any atom is -0.309 e. The first-order valence-corrected chi connectivity index (χ1v) is 13.6. The lowest BCUT2D eigenvalue weighted by molar-refractivity contribution is 0.769. The molecule has 0 unspecified atom stereocenters. The summed E-state index contributed by atoms with van der Waals surface area (Å²) >= 11 is 0. The molecule has 1 heterocycles. The molecule has 184 valence electrons. The minimum atomic E-state index is -0.398. The van der Waals surface area contributed by atoms with E-state index in [-0.39, 0.29) is 0 Å². The van der Waals surface area contributed by atoms with E-state index >= 15 is 0 Å². The van der Waals surface area contributed by atoms with Crippen LogP contribution >= 0.6 is 0 Å². The van der Waals surface area contributed by atoms with Crippen LogP contribution in [-0.2, 0) is 5.41 Å². The molecule has 0 saturated carbocycles. The molecule has 0 N–H and O–H groups in total. The fraction of sp³-hybridized carbons (Fsp3) is 0.0526. The third-order valence-electron chi connectivity index (χ3n) is 8.56. The molecule has 6 aromatic carbocycles. The number of fused-ring (bicyclic) bond motifs is 6. The Bertz CT molecular complexity index is 1960. The van der Waals surface area contributed by atoms with E-state index in [2.05, 4.69) is 157 Å².